The number of nitrogens with zero attached hydrogens (tertiary/aromatic N) is 1. The number of aliphatic imine (C=N–C) groups is 1. The molecule has 3 heteroatoms. The third-order valence-corrected chi connectivity index (χ3v) is 3.40. The highest BCUT2D eigenvalue weighted by Crippen LogP contribution is 2.26. The molecular formula is C11H21N3. The van der Waals surface area contributed by atoms with Gasteiger partial charge in [0.2, 0.25) is 0 Å². The van der Waals surface area contributed by atoms with Crippen molar-refractivity contribution in [3.05, 3.63) is 0 Å². The average molecular weight is 195 g/mol. The van der Waals surface area contributed by atoms with E-state index in [1.165, 1.54) is 32.1 Å². The van der Waals surface area contributed by atoms with Gasteiger partial charge in [-0.15, -0.1) is 0 Å². The van der Waals surface area contributed by atoms with Crippen LogP contribution in [0.25, 0.3) is 0 Å². The van der Waals surface area contributed by atoms with E-state index >= 15 is 0 Å². The summed E-state index contributed by atoms with van der Waals surface area (Å²) in [5.41, 5.74) is 0. The first-order chi connectivity index (χ1) is 6.86. The average Bonchev–Trinajstić information content (AvgIpc) is 2.72. The van der Waals surface area contributed by atoms with E-state index in [-0.39, 0.29) is 0 Å². The molecule has 0 spiro atoms. The Labute approximate surface area is 86.4 Å². The molecule has 1 unspecified atom stereocenters. The van der Waals surface area contributed by atoms with Gasteiger partial charge in [-0.05, 0) is 25.7 Å². The van der Waals surface area contributed by atoms with Crippen molar-refractivity contribution >= 4 is 5.96 Å². The SMILES string of the molecule is CC(NC1=NCCN1)C1CCCCC1. The van der Waals surface area contributed by atoms with Crippen molar-refractivity contribution < 1.29 is 0 Å². The first kappa shape index (κ1) is 9.81. The van der Waals surface area contributed by atoms with Crippen LogP contribution in [0.4, 0.5) is 0 Å². The Hall–Kier alpha value is -0.730. The molecule has 1 heterocycles. The highest BCUT2D eigenvalue weighted by molar-refractivity contribution is 5.81. The van der Waals surface area contributed by atoms with E-state index in [1.54, 1.807) is 0 Å². The molecule has 1 atom stereocenters. The van der Waals surface area contributed by atoms with Gasteiger partial charge in [-0.2, -0.15) is 0 Å². The molecule has 0 bridgehead atoms. The first-order valence-corrected chi connectivity index (χ1v) is 5.91. The molecule has 1 aliphatic carbocycles. The molecule has 0 aromatic heterocycles. The summed E-state index contributed by atoms with van der Waals surface area (Å²) in [7, 11) is 0. The van der Waals surface area contributed by atoms with Gasteiger partial charge in [-0.25, -0.2) is 0 Å². The molecule has 2 aliphatic rings. The smallest absolute Gasteiger partial charge is 0.191 e. The van der Waals surface area contributed by atoms with E-state index in [9.17, 15) is 0 Å². The van der Waals surface area contributed by atoms with Crippen LogP contribution in [0.5, 0.6) is 0 Å². The molecule has 0 amide bonds. The molecule has 0 aromatic carbocycles. The van der Waals surface area contributed by atoms with Crippen molar-refractivity contribution in [2.24, 2.45) is 10.9 Å². The topological polar surface area (TPSA) is 36.4 Å². The fraction of sp³-hybridized carbons (Fsp3) is 0.909. The second-order valence-electron chi connectivity index (χ2n) is 4.49. The Morgan fingerprint density at radius 1 is 1.36 bits per heavy atom. The molecule has 0 saturated heterocycles. The highest BCUT2D eigenvalue weighted by atomic mass is 15.2. The summed E-state index contributed by atoms with van der Waals surface area (Å²) < 4.78 is 0. The second kappa shape index (κ2) is 4.67. The molecule has 2 N–H and O–H groups in total. The van der Waals surface area contributed by atoms with Crippen molar-refractivity contribution in [2.45, 2.75) is 45.1 Å². The van der Waals surface area contributed by atoms with Crippen molar-refractivity contribution in [2.75, 3.05) is 13.1 Å². The van der Waals surface area contributed by atoms with E-state index in [4.69, 9.17) is 0 Å². The quantitative estimate of drug-likeness (QED) is 0.700. The molecule has 3 nitrogen and oxygen atoms in total. The predicted molar refractivity (Wildman–Crippen MR) is 59.5 cm³/mol. The van der Waals surface area contributed by atoms with Gasteiger partial charge >= 0.3 is 0 Å². The standard InChI is InChI=1S/C11H21N3/c1-9(10-5-3-2-4-6-10)14-11-12-7-8-13-11/h9-10H,2-8H2,1H3,(H2,12,13,14). The van der Waals surface area contributed by atoms with E-state index in [2.05, 4.69) is 22.5 Å². The summed E-state index contributed by atoms with van der Waals surface area (Å²) in [4.78, 5) is 4.36. The molecule has 2 rings (SSSR count). The molecular weight excluding hydrogens is 174 g/mol. The van der Waals surface area contributed by atoms with Gasteiger partial charge < -0.3 is 10.6 Å². The summed E-state index contributed by atoms with van der Waals surface area (Å²) in [5.74, 6) is 1.87. The summed E-state index contributed by atoms with van der Waals surface area (Å²) in [6.07, 6.45) is 7.04. The minimum absolute atomic E-state index is 0.583. The number of hydrogen-bond acceptors (Lipinski definition) is 3. The third kappa shape index (κ3) is 2.40. The minimum atomic E-state index is 0.583. The molecule has 0 aromatic rings. The predicted octanol–water partition coefficient (Wildman–Crippen LogP) is 1.50. The van der Waals surface area contributed by atoms with E-state index in [1.807, 2.05) is 0 Å². The summed E-state index contributed by atoms with van der Waals surface area (Å²) in [5, 5.41) is 6.75. The van der Waals surface area contributed by atoms with Gasteiger partial charge in [0.05, 0.1) is 6.54 Å². The van der Waals surface area contributed by atoms with Crippen LogP contribution < -0.4 is 10.6 Å². The zero-order valence-electron chi connectivity index (χ0n) is 9.05. The van der Waals surface area contributed by atoms with Crippen LogP contribution in [0.2, 0.25) is 0 Å². The van der Waals surface area contributed by atoms with Gasteiger partial charge in [-0.1, -0.05) is 19.3 Å². The van der Waals surface area contributed by atoms with Crippen LogP contribution in [0, 0.1) is 5.92 Å². The number of hydrogen-bond donors (Lipinski definition) is 2. The second-order valence-corrected chi connectivity index (χ2v) is 4.49. The van der Waals surface area contributed by atoms with Crippen LogP contribution in [-0.2, 0) is 0 Å². The molecule has 1 saturated carbocycles. The zero-order valence-corrected chi connectivity index (χ0v) is 9.05. The Morgan fingerprint density at radius 2 is 2.14 bits per heavy atom. The van der Waals surface area contributed by atoms with Crippen LogP contribution in [0.3, 0.4) is 0 Å². The lowest BCUT2D eigenvalue weighted by atomic mass is 9.85. The lowest BCUT2D eigenvalue weighted by Gasteiger charge is -2.28. The Balaban J connectivity index is 1.78. The van der Waals surface area contributed by atoms with Crippen LogP contribution >= 0.6 is 0 Å². The van der Waals surface area contributed by atoms with Crippen molar-refractivity contribution in [3.8, 4) is 0 Å². The van der Waals surface area contributed by atoms with Gasteiger partial charge in [-0.3, -0.25) is 4.99 Å². The van der Waals surface area contributed by atoms with Gasteiger partial charge in [0.1, 0.15) is 0 Å². The van der Waals surface area contributed by atoms with Gasteiger partial charge in [0, 0.05) is 12.6 Å². The lowest BCUT2D eigenvalue weighted by molar-refractivity contribution is 0.301. The summed E-state index contributed by atoms with van der Waals surface area (Å²) in [6.45, 7) is 4.22. The Morgan fingerprint density at radius 3 is 2.79 bits per heavy atom. The van der Waals surface area contributed by atoms with E-state index < -0.39 is 0 Å². The van der Waals surface area contributed by atoms with Crippen LogP contribution in [-0.4, -0.2) is 25.1 Å². The normalized spacial score (nSPS) is 25.4. The molecule has 14 heavy (non-hydrogen) atoms. The van der Waals surface area contributed by atoms with Gasteiger partial charge in [0.25, 0.3) is 0 Å². The third-order valence-electron chi connectivity index (χ3n) is 3.40. The van der Waals surface area contributed by atoms with Gasteiger partial charge in [0.15, 0.2) is 5.96 Å². The fourth-order valence-corrected chi connectivity index (χ4v) is 2.46. The number of guanidine groups is 1. The Kier molecular flexibility index (Phi) is 3.27. The number of rotatable bonds is 2. The van der Waals surface area contributed by atoms with E-state index in [0.29, 0.717) is 6.04 Å². The largest absolute Gasteiger partial charge is 0.355 e. The maximum absolute atomic E-state index is 4.36. The lowest BCUT2D eigenvalue weighted by Crippen LogP contribution is -2.43. The highest BCUT2D eigenvalue weighted by Gasteiger charge is 2.21. The van der Waals surface area contributed by atoms with Crippen molar-refractivity contribution in [1.29, 1.82) is 0 Å². The molecule has 1 aliphatic heterocycles. The summed E-state index contributed by atoms with van der Waals surface area (Å²) in [6, 6.07) is 0.583. The van der Waals surface area contributed by atoms with Crippen LogP contribution in [0.15, 0.2) is 4.99 Å². The molecule has 1 fully saturated rings. The Bertz CT molecular complexity index is 207. The fourth-order valence-electron chi connectivity index (χ4n) is 2.46. The molecule has 80 valence electrons. The van der Waals surface area contributed by atoms with Crippen molar-refractivity contribution in [1.82, 2.24) is 10.6 Å². The first-order valence-electron chi connectivity index (χ1n) is 5.91. The maximum Gasteiger partial charge on any atom is 0.191 e. The number of nitrogens with one attached hydrogen (secondary N) is 2. The zero-order chi connectivity index (χ0) is 9.80. The summed E-state index contributed by atoms with van der Waals surface area (Å²) >= 11 is 0. The minimum Gasteiger partial charge on any atom is -0.355 e. The van der Waals surface area contributed by atoms with Crippen molar-refractivity contribution in [3.63, 3.8) is 0 Å². The monoisotopic (exact) mass is 195 g/mol. The van der Waals surface area contributed by atoms with Crippen LogP contribution in [0.1, 0.15) is 39.0 Å². The maximum atomic E-state index is 4.36. The van der Waals surface area contributed by atoms with E-state index in [0.717, 1.165) is 25.0 Å². The molecule has 0 radical (unpaired) electrons.